The highest BCUT2D eigenvalue weighted by Crippen LogP contribution is 2.08. The second kappa shape index (κ2) is 6.58. The third-order valence-corrected chi connectivity index (χ3v) is 2.53. The van der Waals surface area contributed by atoms with E-state index < -0.39 is 17.5 Å². The lowest BCUT2D eigenvalue weighted by Crippen LogP contribution is -2.48. The molecule has 0 heterocycles. The number of carbonyl (C=O) groups is 2. The Bertz CT molecular complexity index is 299. The first kappa shape index (κ1) is 16.7. The van der Waals surface area contributed by atoms with Crippen LogP contribution in [0, 0.1) is 5.92 Å². The minimum Gasteiger partial charge on any atom is -0.481 e. The fraction of sp³-hybridized carbons (Fsp3) is 0.833. The van der Waals surface area contributed by atoms with E-state index in [1.54, 1.807) is 27.8 Å². The number of likely N-dealkylation sites (N-methyl/N-ethyl adjacent to an activating group) is 1. The standard InChI is InChI=1S/C12H24N2O4/c1-6-14(8-12(3,4)18)11(17)13(5)7-9(2)10(15)16/h9,18H,6-8H2,1-5H3,(H,15,16). The highest BCUT2D eigenvalue weighted by atomic mass is 16.4. The second-order valence-electron chi connectivity index (χ2n) is 5.23. The van der Waals surface area contributed by atoms with Gasteiger partial charge in [0.05, 0.1) is 18.1 Å². The molecule has 0 spiro atoms. The molecule has 106 valence electrons. The van der Waals surface area contributed by atoms with Gasteiger partial charge in [-0.2, -0.15) is 0 Å². The summed E-state index contributed by atoms with van der Waals surface area (Å²) >= 11 is 0. The van der Waals surface area contributed by atoms with Gasteiger partial charge in [0.15, 0.2) is 0 Å². The van der Waals surface area contributed by atoms with Gasteiger partial charge in [-0.05, 0) is 20.8 Å². The zero-order valence-electron chi connectivity index (χ0n) is 11.8. The van der Waals surface area contributed by atoms with Crippen molar-refractivity contribution in [1.29, 1.82) is 0 Å². The highest BCUT2D eigenvalue weighted by molar-refractivity contribution is 5.76. The molecule has 0 aromatic heterocycles. The van der Waals surface area contributed by atoms with Crippen LogP contribution in [-0.4, -0.2) is 64.3 Å². The Labute approximate surface area is 108 Å². The zero-order chi connectivity index (χ0) is 14.5. The molecule has 2 amide bonds. The van der Waals surface area contributed by atoms with E-state index in [1.165, 1.54) is 9.80 Å². The van der Waals surface area contributed by atoms with Gasteiger partial charge in [0.2, 0.25) is 0 Å². The van der Waals surface area contributed by atoms with E-state index in [1.807, 2.05) is 6.92 Å². The predicted molar refractivity (Wildman–Crippen MR) is 68.4 cm³/mol. The minimum absolute atomic E-state index is 0.149. The topological polar surface area (TPSA) is 81.1 Å². The number of carboxylic acid groups (broad SMARTS) is 1. The smallest absolute Gasteiger partial charge is 0.319 e. The Balaban J connectivity index is 4.54. The number of rotatable bonds is 6. The van der Waals surface area contributed by atoms with E-state index in [-0.39, 0.29) is 19.1 Å². The van der Waals surface area contributed by atoms with Crippen molar-refractivity contribution in [2.45, 2.75) is 33.3 Å². The summed E-state index contributed by atoms with van der Waals surface area (Å²) in [6.45, 7) is 7.46. The van der Waals surface area contributed by atoms with Crippen molar-refractivity contribution in [3.8, 4) is 0 Å². The van der Waals surface area contributed by atoms with E-state index in [0.29, 0.717) is 6.54 Å². The number of hydrogen-bond donors (Lipinski definition) is 2. The van der Waals surface area contributed by atoms with Gasteiger partial charge in [-0.25, -0.2) is 4.79 Å². The molecule has 0 aliphatic rings. The SMILES string of the molecule is CCN(CC(C)(C)O)C(=O)N(C)CC(C)C(=O)O. The molecule has 6 nitrogen and oxygen atoms in total. The first-order valence-electron chi connectivity index (χ1n) is 6.03. The third kappa shape index (κ3) is 5.86. The summed E-state index contributed by atoms with van der Waals surface area (Å²) in [5, 5.41) is 18.5. The van der Waals surface area contributed by atoms with Crippen LogP contribution < -0.4 is 0 Å². The summed E-state index contributed by atoms with van der Waals surface area (Å²) in [7, 11) is 1.56. The third-order valence-electron chi connectivity index (χ3n) is 2.53. The predicted octanol–water partition coefficient (Wildman–Crippen LogP) is 0.852. The molecule has 0 aromatic rings. The summed E-state index contributed by atoms with van der Waals surface area (Å²) in [4.78, 5) is 25.7. The lowest BCUT2D eigenvalue weighted by molar-refractivity contribution is -0.141. The van der Waals surface area contributed by atoms with Crippen molar-refractivity contribution in [3.05, 3.63) is 0 Å². The maximum absolute atomic E-state index is 12.1. The molecule has 0 saturated carbocycles. The number of hydrogen-bond acceptors (Lipinski definition) is 3. The molecule has 0 radical (unpaired) electrons. The molecule has 0 bridgehead atoms. The van der Waals surface area contributed by atoms with Crippen LogP contribution in [0.4, 0.5) is 4.79 Å². The van der Waals surface area contributed by atoms with Gasteiger partial charge in [0.25, 0.3) is 0 Å². The van der Waals surface area contributed by atoms with Gasteiger partial charge < -0.3 is 20.0 Å². The summed E-state index contributed by atoms with van der Waals surface area (Å²) in [5.74, 6) is -1.54. The van der Waals surface area contributed by atoms with Crippen molar-refractivity contribution in [2.24, 2.45) is 5.92 Å². The number of carbonyl (C=O) groups excluding carboxylic acids is 1. The molecule has 1 unspecified atom stereocenters. The number of amides is 2. The average molecular weight is 260 g/mol. The van der Waals surface area contributed by atoms with Gasteiger partial charge >= 0.3 is 12.0 Å². The molecule has 0 saturated heterocycles. The van der Waals surface area contributed by atoms with Crippen LogP contribution in [-0.2, 0) is 4.79 Å². The van der Waals surface area contributed by atoms with E-state index in [0.717, 1.165) is 0 Å². The van der Waals surface area contributed by atoms with Gasteiger partial charge in [-0.15, -0.1) is 0 Å². The summed E-state index contributed by atoms with van der Waals surface area (Å²) < 4.78 is 0. The fourth-order valence-electron chi connectivity index (χ4n) is 1.59. The molecule has 1 atom stereocenters. The molecule has 0 aliphatic carbocycles. The van der Waals surface area contributed by atoms with Crippen LogP contribution in [0.3, 0.4) is 0 Å². The van der Waals surface area contributed by atoms with Gasteiger partial charge in [-0.3, -0.25) is 4.79 Å². The minimum atomic E-state index is -0.967. The average Bonchev–Trinajstić information content (AvgIpc) is 2.23. The van der Waals surface area contributed by atoms with E-state index in [4.69, 9.17) is 5.11 Å². The molecule has 18 heavy (non-hydrogen) atoms. The van der Waals surface area contributed by atoms with E-state index >= 15 is 0 Å². The number of carboxylic acids is 1. The van der Waals surface area contributed by atoms with Gasteiger partial charge in [0, 0.05) is 20.1 Å². The van der Waals surface area contributed by atoms with Crippen molar-refractivity contribution in [2.75, 3.05) is 26.7 Å². The molecule has 0 rings (SSSR count). The molecule has 0 fully saturated rings. The van der Waals surface area contributed by atoms with Crippen molar-refractivity contribution in [3.63, 3.8) is 0 Å². The van der Waals surface area contributed by atoms with Crippen LogP contribution in [0.1, 0.15) is 27.7 Å². The summed E-state index contributed by atoms with van der Waals surface area (Å²) in [5.41, 5.74) is -0.967. The van der Waals surface area contributed by atoms with Crippen molar-refractivity contribution < 1.29 is 19.8 Å². The Morgan fingerprint density at radius 3 is 2.17 bits per heavy atom. The quantitative estimate of drug-likeness (QED) is 0.742. The maximum atomic E-state index is 12.1. The monoisotopic (exact) mass is 260 g/mol. The van der Waals surface area contributed by atoms with Crippen LogP contribution >= 0.6 is 0 Å². The van der Waals surface area contributed by atoms with Gasteiger partial charge in [-0.1, -0.05) is 6.92 Å². The first-order chi connectivity index (χ1) is 8.08. The van der Waals surface area contributed by atoms with E-state index in [2.05, 4.69) is 0 Å². The van der Waals surface area contributed by atoms with Crippen LogP contribution in [0.2, 0.25) is 0 Å². The molecule has 6 heteroatoms. The normalized spacial score (nSPS) is 13.0. The summed E-state index contributed by atoms with van der Waals surface area (Å²) in [6, 6.07) is -0.271. The highest BCUT2D eigenvalue weighted by Gasteiger charge is 2.25. The molecule has 0 aliphatic heterocycles. The first-order valence-corrected chi connectivity index (χ1v) is 6.03. The van der Waals surface area contributed by atoms with Crippen LogP contribution in [0.25, 0.3) is 0 Å². The maximum Gasteiger partial charge on any atom is 0.319 e. The van der Waals surface area contributed by atoms with Crippen molar-refractivity contribution in [1.82, 2.24) is 9.80 Å². The van der Waals surface area contributed by atoms with Crippen molar-refractivity contribution >= 4 is 12.0 Å². The fourth-order valence-corrected chi connectivity index (χ4v) is 1.59. The van der Waals surface area contributed by atoms with E-state index in [9.17, 15) is 14.7 Å². The van der Waals surface area contributed by atoms with Gasteiger partial charge in [0.1, 0.15) is 0 Å². The zero-order valence-corrected chi connectivity index (χ0v) is 11.8. The molecular formula is C12H24N2O4. The number of aliphatic hydroxyl groups is 1. The van der Waals surface area contributed by atoms with Crippen LogP contribution in [0.5, 0.6) is 0 Å². The Kier molecular flexibility index (Phi) is 6.11. The Morgan fingerprint density at radius 1 is 1.33 bits per heavy atom. The second-order valence-corrected chi connectivity index (χ2v) is 5.23. The largest absolute Gasteiger partial charge is 0.481 e. The lowest BCUT2D eigenvalue weighted by Gasteiger charge is -2.32. The lowest BCUT2D eigenvalue weighted by atomic mass is 10.1. The summed E-state index contributed by atoms with van der Waals surface area (Å²) in [6.07, 6.45) is 0. The number of nitrogens with zero attached hydrogens (tertiary/aromatic N) is 2. The molecule has 2 N–H and O–H groups in total. The van der Waals surface area contributed by atoms with Crippen LogP contribution in [0.15, 0.2) is 0 Å². The Morgan fingerprint density at radius 2 is 1.83 bits per heavy atom. The number of aliphatic carboxylic acids is 1. The Hall–Kier alpha value is -1.30. The number of urea groups is 1. The molecular weight excluding hydrogens is 236 g/mol. The molecule has 0 aromatic carbocycles.